The maximum atomic E-state index is 12.5. The minimum absolute atomic E-state index is 0.103. The SMILES string of the molecule is N#CCc1cc(-c2cccc(OC(F)(F)F)c2)ncc1-c1cccc(OC(F)(F)F)c1. The second-order valence-electron chi connectivity index (χ2n) is 6.21. The van der Waals surface area contributed by atoms with Gasteiger partial charge in [-0.25, -0.2) is 0 Å². The Morgan fingerprint density at radius 2 is 1.35 bits per heavy atom. The maximum Gasteiger partial charge on any atom is 0.573 e. The standard InChI is InChI=1S/C21H12F6N2O2/c22-20(23,24)30-16-5-1-3-13(9-16)18-12-29-19(11-14(18)7-8-28)15-4-2-6-17(10-15)31-21(25,26)27/h1-6,9-12H,7H2. The maximum absolute atomic E-state index is 12.5. The van der Waals surface area contributed by atoms with Crippen LogP contribution in [0, 0.1) is 11.3 Å². The normalized spacial score (nSPS) is 11.6. The molecule has 3 rings (SSSR count). The number of halogens is 6. The molecule has 0 amide bonds. The van der Waals surface area contributed by atoms with E-state index in [-0.39, 0.29) is 12.1 Å². The molecule has 0 aliphatic carbocycles. The van der Waals surface area contributed by atoms with Crippen LogP contribution in [0.25, 0.3) is 22.4 Å². The molecule has 31 heavy (non-hydrogen) atoms. The van der Waals surface area contributed by atoms with Gasteiger partial charge in [0.05, 0.1) is 18.2 Å². The second-order valence-corrected chi connectivity index (χ2v) is 6.21. The van der Waals surface area contributed by atoms with E-state index >= 15 is 0 Å². The van der Waals surface area contributed by atoms with Gasteiger partial charge in [-0.2, -0.15) is 5.26 Å². The van der Waals surface area contributed by atoms with E-state index in [1.54, 1.807) is 0 Å². The fraction of sp³-hybridized carbons (Fsp3) is 0.143. The third-order valence-corrected chi connectivity index (χ3v) is 4.00. The highest BCUT2D eigenvalue weighted by atomic mass is 19.4. The quantitative estimate of drug-likeness (QED) is 0.440. The molecule has 4 nitrogen and oxygen atoms in total. The monoisotopic (exact) mass is 438 g/mol. The summed E-state index contributed by atoms with van der Waals surface area (Å²) in [5.74, 6) is -0.872. The lowest BCUT2D eigenvalue weighted by Gasteiger charge is -2.13. The molecule has 0 fully saturated rings. The number of alkyl halides is 6. The van der Waals surface area contributed by atoms with Crippen LogP contribution in [0.15, 0.2) is 60.8 Å². The van der Waals surface area contributed by atoms with Gasteiger partial charge in [0.2, 0.25) is 0 Å². The topological polar surface area (TPSA) is 55.1 Å². The van der Waals surface area contributed by atoms with Crippen LogP contribution in [-0.4, -0.2) is 17.7 Å². The van der Waals surface area contributed by atoms with Crippen molar-refractivity contribution in [3.63, 3.8) is 0 Å². The van der Waals surface area contributed by atoms with E-state index in [0.29, 0.717) is 22.3 Å². The minimum Gasteiger partial charge on any atom is -0.406 e. The molecule has 0 N–H and O–H groups in total. The molecule has 0 aliphatic heterocycles. The number of hydrogen-bond donors (Lipinski definition) is 0. The van der Waals surface area contributed by atoms with Crippen molar-refractivity contribution in [1.82, 2.24) is 4.98 Å². The second kappa shape index (κ2) is 8.55. The summed E-state index contributed by atoms with van der Waals surface area (Å²) < 4.78 is 82.7. The molecule has 0 aliphatic rings. The summed E-state index contributed by atoms with van der Waals surface area (Å²) in [5, 5.41) is 9.14. The van der Waals surface area contributed by atoms with Gasteiger partial charge in [-0.05, 0) is 41.5 Å². The number of pyridine rings is 1. The van der Waals surface area contributed by atoms with Crippen LogP contribution < -0.4 is 9.47 Å². The fourth-order valence-corrected chi connectivity index (χ4v) is 2.86. The molecule has 0 saturated heterocycles. The molecule has 2 aromatic carbocycles. The Morgan fingerprint density at radius 1 is 0.806 bits per heavy atom. The summed E-state index contributed by atoms with van der Waals surface area (Å²) in [6.45, 7) is 0. The van der Waals surface area contributed by atoms with Crippen LogP contribution in [0.3, 0.4) is 0 Å². The van der Waals surface area contributed by atoms with Gasteiger partial charge in [-0.3, -0.25) is 4.98 Å². The highest BCUT2D eigenvalue weighted by Gasteiger charge is 2.32. The Bertz CT molecular complexity index is 1120. The summed E-state index contributed by atoms with van der Waals surface area (Å²) >= 11 is 0. The number of aromatic nitrogens is 1. The summed E-state index contributed by atoms with van der Waals surface area (Å²) in [7, 11) is 0. The predicted octanol–water partition coefficient (Wildman–Crippen LogP) is 6.28. The number of rotatable bonds is 5. The number of ether oxygens (including phenoxy) is 2. The molecule has 0 bridgehead atoms. The molecule has 160 valence electrons. The van der Waals surface area contributed by atoms with E-state index in [1.165, 1.54) is 36.5 Å². The van der Waals surface area contributed by atoms with Gasteiger partial charge < -0.3 is 9.47 Å². The first-order valence-corrected chi connectivity index (χ1v) is 8.62. The van der Waals surface area contributed by atoms with Crippen molar-refractivity contribution in [2.45, 2.75) is 19.1 Å². The van der Waals surface area contributed by atoms with Crippen molar-refractivity contribution in [3.8, 4) is 40.0 Å². The van der Waals surface area contributed by atoms with Crippen molar-refractivity contribution in [1.29, 1.82) is 5.26 Å². The largest absolute Gasteiger partial charge is 0.573 e. The number of benzene rings is 2. The van der Waals surface area contributed by atoms with Gasteiger partial charge >= 0.3 is 12.7 Å². The van der Waals surface area contributed by atoms with Gasteiger partial charge in [0.1, 0.15) is 11.5 Å². The van der Waals surface area contributed by atoms with E-state index in [9.17, 15) is 26.3 Å². The lowest BCUT2D eigenvalue weighted by atomic mass is 9.97. The first-order valence-electron chi connectivity index (χ1n) is 8.62. The highest BCUT2D eigenvalue weighted by molar-refractivity contribution is 5.72. The summed E-state index contributed by atoms with van der Waals surface area (Å²) in [6.07, 6.45) is -8.48. The number of nitriles is 1. The molecule has 0 spiro atoms. The van der Waals surface area contributed by atoms with Crippen LogP contribution in [0.1, 0.15) is 5.56 Å². The molecule has 3 aromatic rings. The zero-order valence-electron chi connectivity index (χ0n) is 15.5. The van der Waals surface area contributed by atoms with Crippen LogP contribution in [-0.2, 0) is 6.42 Å². The molecule has 10 heteroatoms. The average Bonchev–Trinajstić information content (AvgIpc) is 2.66. The third kappa shape index (κ3) is 6.12. The smallest absolute Gasteiger partial charge is 0.406 e. The Labute approximate surface area is 172 Å². The van der Waals surface area contributed by atoms with Crippen LogP contribution in [0.5, 0.6) is 11.5 Å². The zero-order chi connectivity index (χ0) is 22.6. The molecule has 0 unspecified atom stereocenters. The Kier molecular flexibility index (Phi) is 6.06. The Morgan fingerprint density at radius 3 is 1.90 bits per heavy atom. The summed E-state index contributed by atoms with van der Waals surface area (Å²) in [5.41, 5.74) is 1.73. The van der Waals surface area contributed by atoms with E-state index in [0.717, 1.165) is 24.3 Å². The molecule has 0 radical (unpaired) electrons. The Hall–Kier alpha value is -3.74. The van der Waals surface area contributed by atoms with Crippen molar-refractivity contribution in [2.24, 2.45) is 0 Å². The van der Waals surface area contributed by atoms with E-state index in [1.807, 2.05) is 6.07 Å². The van der Waals surface area contributed by atoms with Crippen LogP contribution >= 0.6 is 0 Å². The molecule has 1 aromatic heterocycles. The van der Waals surface area contributed by atoms with Crippen molar-refractivity contribution in [2.75, 3.05) is 0 Å². The van der Waals surface area contributed by atoms with Gasteiger partial charge in [0, 0.05) is 17.3 Å². The first kappa shape index (κ1) is 22.0. The average molecular weight is 438 g/mol. The van der Waals surface area contributed by atoms with Crippen LogP contribution in [0.4, 0.5) is 26.3 Å². The number of hydrogen-bond acceptors (Lipinski definition) is 4. The highest BCUT2D eigenvalue weighted by Crippen LogP contribution is 2.33. The lowest BCUT2D eigenvalue weighted by Crippen LogP contribution is -2.17. The number of nitrogens with zero attached hydrogens (tertiary/aromatic N) is 2. The van der Waals surface area contributed by atoms with Crippen molar-refractivity contribution < 1.29 is 35.8 Å². The molecule has 0 atom stereocenters. The zero-order valence-corrected chi connectivity index (χ0v) is 15.5. The van der Waals surface area contributed by atoms with E-state index < -0.39 is 24.2 Å². The van der Waals surface area contributed by atoms with Gasteiger partial charge in [-0.15, -0.1) is 26.3 Å². The third-order valence-electron chi connectivity index (χ3n) is 4.00. The predicted molar refractivity (Wildman–Crippen MR) is 97.8 cm³/mol. The molecule has 0 saturated carbocycles. The summed E-state index contributed by atoms with van der Waals surface area (Å²) in [6, 6.07) is 13.8. The minimum atomic E-state index is -4.86. The molecule has 1 heterocycles. The van der Waals surface area contributed by atoms with Gasteiger partial charge in [0.25, 0.3) is 0 Å². The Balaban J connectivity index is 1.99. The first-order chi connectivity index (χ1) is 14.5. The van der Waals surface area contributed by atoms with Gasteiger partial charge in [-0.1, -0.05) is 24.3 Å². The summed E-state index contributed by atoms with van der Waals surface area (Å²) in [4.78, 5) is 4.20. The van der Waals surface area contributed by atoms with E-state index in [2.05, 4.69) is 14.5 Å². The van der Waals surface area contributed by atoms with Crippen LogP contribution in [0.2, 0.25) is 0 Å². The molecular formula is C21H12F6N2O2. The van der Waals surface area contributed by atoms with Gasteiger partial charge in [0.15, 0.2) is 0 Å². The van der Waals surface area contributed by atoms with E-state index in [4.69, 9.17) is 5.26 Å². The van der Waals surface area contributed by atoms with Crippen molar-refractivity contribution >= 4 is 0 Å². The fourth-order valence-electron chi connectivity index (χ4n) is 2.86. The lowest BCUT2D eigenvalue weighted by molar-refractivity contribution is -0.275. The molecular weight excluding hydrogens is 426 g/mol. The van der Waals surface area contributed by atoms with Crippen molar-refractivity contribution in [3.05, 3.63) is 66.4 Å².